The van der Waals surface area contributed by atoms with E-state index in [-0.39, 0.29) is 23.6 Å². The van der Waals surface area contributed by atoms with Crippen LogP contribution in [0.1, 0.15) is 39.5 Å². The number of nitrogens with zero attached hydrogens (tertiary/aromatic N) is 1. The van der Waals surface area contributed by atoms with Crippen LogP contribution in [0.2, 0.25) is 0 Å². The number of thiophene rings is 1. The molecule has 1 aliphatic carbocycles. The Morgan fingerprint density at radius 3 is 2.33 bits per heavy atom. The van der Waals surface area contributed by atoms with Gasteiger partial charge in [-0.25, -0.2) is 4.79 Å². The number of hydrogen-bond donors (Lipinski definition) is 1. The third-order valence-corrected chi connectivity index (χ3v) is 9.32. The molecule has 0 atom stereocenters. The zero-order chi connectivity index (χ0) is 29.9. The van der Waals surface area contributed by atoms with Crippen LogP contribution < -0.4 is 20.2 Å². The van der Waals surface area contributed by atoms with Crippen LogP contribution in [0.25, 0.3) is 20.7 Å². The van der Waals surface area contributed by atoms with Gasteiger partial charge in [0.05, 0.1) is 32.8 Å². The van der Waals surface area contributed by atoms with Crippen molar-refractivity contribution in [3.8, 4) is 21.9 Å². The molecule has 1 aliphatic rings. The lowest BCUT2D eigenvalue weighted by Crippen LogP contribution is -2.29. The molecule has 0 saturated heterocycles. The van der Waals surface area contributed by atoms with Gasteiger partial charge in [0.1, 0.15) is 21.9 Å². The van der Waals surface area contributed by atoms with Gasteiger partial charge in [0, 0.05) is 29.2 Å². The third-order valence-electron chi connectivity index (χ3n) is 8.01. The minimum atomic E-state index is -0.620. The molecule has 3 aromatic carbocycles. The molecule has 0 saturated carbocycles. The summed E-state index contributed by atoms with van der Waals surface area (Å²) in [6.07, 6.45) is 3.50. The topological polar surface area (TPSA) is 78.8 Å². The predicted octanol–water partition coefficient (Wildman–Crippen LogP) is 6.23. The fourth-order valence-electron chi connectivity index (χ4n) is 5.88. The van der Waals surface area contributed by atoms with Crippen LogP contribution in [0, 0.1) is 0 Å². The van der Waals surface area contributed by atoms with Gasteiger partial charge in [0.2, 0.25) is 5.43 Å². The minimum Gasteiger partial charge on any atom is -0.497 e. The van der Waals surface area contributed by atoms with Crippen LogP contribution in [0.4, 0.5) is 0 Å². The van der Waals surface area contributed by atoms with Crippen molar-refractivity contribution in [1.82, 2.24) is 9.88 Å². The van der Waals surface area contributed by atoms with Crippen LogP contribution in [0.3, 0.4) is 0 Å². The Morgan fingerprint density at radius 2 is 1.65 bits per heavy atom. The minimum absolute atomic E-state index is 0.0258. The zero-order valence-corrected chi connectivity index (χ0v) is 25.3. The number of carbonyl (C=O) groups excluding carboxylic acids is 1. The molecular formula is C35H34N2O5S. The van der Waals surface area contributed by atoms with E-state index in [2.05, 4.69) is 29.6 Å². The van der Waals surface area contributed by atoms with Crippen molar-refractivity contribution in [3.05, 3.63) is 117 Å². The van der Waals surface area contributed by atoms with Crippen LogP contribution >= 0.6 is 11.3 Å². The number of esters is 1. The fourth-order valence-corrected chi connectivity index (χ4v) is 7.18. The van der Waals surface area contributed by atoms with E-state index >= 15 is 0 Å². The van der Waals surface area contributed by atoms with E-state index in [4.69, 9.17) is 14.2 Å². The molecule has 43 heavy (non-hydrogen) atoms. The maximum absolute atomic E-state index is 14.1. The average molecular weight is 595 g/mol. The number of aromatic nitrogens is 1. The van der Waals surface area contributed by atoms with Crippen molar-refractivity contribution in [2.24, 2.45) is 0 Å². The van der Waals surface area contributed by atoms with Crippen molar-refractivity contribution < 1.29 is 19.0 Å². The van der Waals surface area contributed by atoms with E-state index < -0.39 is 5.97 Å². The van der Waals surface area contributed by atoms with E-state index in [0.717, 1.165) is 50.7 Å². The van der Waals surface area contributed by atoms with Crippen LogP contribution in [0.15, 0.2) is 83.8 Å². The van der Waals surface area contributed by atoms with E-state index in [1.54, 1.807) is 38.7 Å². The van der Waals surface area contributed by atoms with Gasteiger partial charge in [-0.1, -0.05) is 42.5 Å². The zero-order valence-electron chi connectivity index (χ0n) is 24.5. The summed E-state index contributed by atoms with van der Waals surface area (Å²) in [5, 5.41) is 4.28. The first-order valence-corrected chi connectivity index (χ1v) is 15.2. The molecular weight excluding hydrogens is 560 g/mol. The first-order chi connectivity index (χ1) is 21.0. The van der Waals surface area contributed by atoms with Gasteiger partial charge < -0.3 is 24.1 Å². The van der Waals surface area contributed by atoms with Gasteiger partial charge in [-0.15, -0.1) is 11.3 Å². The van der Waals surface area contributed by atoms with Crippen molar-refractivity contribution in [1.29, 1.82) is 0 Å². The quantitative estimate of drug-likeness (QED) is 0.193. The second-order valence-corrected chi connectivity index (χ2v) is 11.6. The largest absolute Gasteiger partial charge is 0.497 e. The smallest absolute Gasteiger partial charge is 0.343 e. The number of fused-ring (bicyclic) bond motifs is 2. The van der Waals surface area contributed by atoms with Gasteiger partial charge in [-0.05, 0) is 72.4 Å². The van der Waals surface area contributed by atoms with E-state index in [1.165, 1.54) is 11.1 Å². The van der Waals surface area contributed by atoms with E-state index in [0.29, 0.717) is 18.5 Å². The molecule has 6 rings (SSSR count). The summed E-state index contributed by atoms with van der Waals surface area (Å²) in [7, 11) is 3.28. The summed E-state index contributed by atoms with van der Waals surface area (Å²) in [6, 6.07) is 24.4. The number of hydrogen-bond acceptors (Lipinski definition) is 7. The SMILES string of the molecule is CCOC(=O)c1cn(Cc2ccccc2OC)c2sc(-c3ccc(OC)cc3)c(CNC3Cc4ccccc4C3)c2c1=O. The summed E-state index contributed by atoms with van der Waals surface area (Å²) < 4.78 is 18.4. The highest BCUT2D eigenvalue weighted by molar-refractivity contribution is 7.22. The monoisotopic (exact) mass is 594 g/mol. The molecule has 0 bridgehead atoms. The first kappa shape index (κ1) is 28.7. The molecule has 0 fully saturated rings. The third kappa shape index (κ3) is 5.68. The Balaban J connectivity index is 1.51. The predicted molar refractivity (Wildman–Crippen MR) is 171 cm³/mol. The number of nitrogens with one attached hydrogen (secondary N) is 1. The van der Waals surface area contributed by atoms with Gasteiger partial charge in [-0.3, -0.25) is 4.79 Å². The highest BCUT2D eigenvalue weighted by atomic mass is 32.1. The van der Waals surface area contributed by atoms with E-state index in [1.807, 2.05) is 53.1 Å². The van der Waals surface area contributed by atoms with Crippen molar-refractivity contribution >= 4 is 27.5 Å². The first-order valence-electron chi connectivity index (χ1n) is 14.4. The Bertz CT molecular complexity index is 1820. The fraction of sp³-hybridized carbons (Fsp3) is 0.257. The number of methoxy groups -OCH3 is 2. The Kier molecular flexibility index (Phi) is 8.31. The number of carbonyl (C=O) groups is 1. The average Bonchev–Trinajstić information content (AvgIpc) is 3.63. The molecule has 220 valence electrons. The molecule has 2 aromatic heterocycles. The number of para-hydroxylation sites is 1. The number of benzene rings is 3. The molecule has 2 heterocycles. The highest BCUT2D eigenvalue weighted by Gasteiger charge is 2.26. The molecule has 0 amide bonds. The Morgan fingerprint density at radius 1 is 0.953 bits per heavy atom. The molecule has 0 spiro atoms. The Labute approximate surface area is 254 Å². The lowest BCUT2D eigenvalue weighted by molar-refractivity contribution is 0.0524. The normalized spacial score (nSPS) is 12.8. The molecule has 0 aliphatic heterocycles. The van der Waals surface area contributed by atoms with Gasteiger partial charge in [-0.2, -0.15) is 0 Å². The molecule has 5 aromatic rings. The second kappa shape index (κ2) is 12.5. The van der Waals surface area contributed by atoms with Crippen LogP contribution in [-0.2, 0) is 30.7 Å². The summed E-state index contributed by atoms with van der Waals surface area (Å²) >= 11 is 1.56. The summed E-state index contributed by atoms with van der Waals surface area (Å²) in [4.78, 5) is 29.0. The lowest BCUT2D eigenvalue weighted by Gasteiger charge is -2.15. The second-order valence-electron chi connectivity index (χ2n) is 10.6. The van der Waals surface area contributed by atoms with Crippen molar-refractivity contribution in [2.75, 3.05) is 20.8 Å². The number of rotatable bonds is 10. The molecule has 7 nitrogen and oxygen atoms in total. The summed E-state index contributed by atoms with van der Waals surface area (Å²) in [5.74, 6) is 0.876. The molecule has 1 N–H and O–H groups in total. The molecule has 8 heteroatoms. The van der Waals surface area contributed by atoms with Gasteiger partial charge in [0.15, 0.2) is 0 Å². The maximum Gasteiger partial charge on any atom is 0.343 e. The Hall–Kier alpha value is -4.40. The van der Waals surface area contributed by atoms with Gasteiger partial charge in [0.25, 0.3) is 0 Å². The van der Waals surface area contributed by atoms with Crippen LogP contribution in [0.5, 0.6) is 11.5 Å². The molecule has 0 unspecified atom stereocenters. The highest BCUT2D eigenvalue weighted by Crippen LogP contribution is 2.39. The van der Waals surface area contributed by atoms with Crippen LogP contribution in [-0.4, -0.2) is 37.4 Å². The van der Waals surface area contributed by atoms with Gasteiger partial charge >= 0.3 is 5.97 Å². The van der Waals surface area contributed by atoms with Crippen molar-refractivity contribution in [2.45, 2.75) is 38.9 Å². The summed E-state index contributed by atoms with van der Waals surface area (Å²) in [6.45, 7) is 2.82. The maximum atomic E-state index is 14.1. The molecule has 0 radical (unpaired) electrons. The van der Waals surface area contributed by atoms with Crippen molar-refractivity contribution in [3.63, 3.8) is 0 Å². The lowest BCUT2D eigenvalue weighted by atomic mass is 10.0. The standard InChI is InChI=1S/C35H34N2O5S/c1-4-42-35(39)29-21-37(20-25-11-7-8-12-30(25)41-3)34-31(32(29)38)28(33(43-34)22-13-15-27(40-2)16-14-22)19-36-26-17-23-9-5-6-10-24(23)18-26/h5-16,21,26,36H,4,17-20H2,1-3H3. The van der Waals surface area contributed by atoms with E-state index in [9.17, 15) is 9.59 Å². The summed E-state index contributed by atoms with van der Waals surface area (Å²) in [5.41, 5.74) is 5.22. The number of ether oxygens (including phenoxy) is 3. The number of pyridine rings is 1.